The van der Waals surface area contributed by atoms with Gasteiger partial charge in [-0.15, -0.1) is 0 Å². The summed E-state index contributed by atoms with van der Waals surface area (Å²) < 4.78 is 35.0. The molecule has 0 aliphatic carbocycles. The van der Waals surface area contributed by atoms with Crippen LogP contribution >= 0.6 is 0 Å². The van der Waals surface area contributed by atoms with Gasteiger partial charge in [-0.25, -0.2) is 0 Å². The minimum atomic E-state index is -2.90. The van der Waals surface area contributed by atoms with Crippen molar-refractivity contribution >= 4 is 17.3 Å². The molecule has 6 nitrogen and oxygen atoms in total. The van der Waals surface area contributed by atoms with Gasteiger partial charge in [-0.3, -0.25) is 9.69 Å². The van der Waals surface area contributed by atoms with Crippen molar-refractivity contribution in [3.63, 3.8) is 0 Å². The Labute approximate surface area is 187 Å². The van der Waals surface area contributed by atoms with Crippen LogP contribution in [0.2, 0.25) is 0 Å². The van der Waals surface area contributed by atoms with Gasteiger partial charge in [0.25, 0.3) is 0 Å². The van der Waals surface area contributed by atoms with E-state index in [4.69, 9.17) is 4.74 Å². The van der Waals surface area contributed by atoms with Crippen LogP contribution in [0.25, 0.3) is 0 Å². The quantitative estimate of drug-likeness (QED) is 0.530. The first-order valence-corrected chi connectivity index (χ1v) is 11.1. The molecular formula is C24H31F2N3O3. The number of halogens is 2. The molecule has 0 bridgehead atoms. The number of amides is 1. The smallest absolute Gasteiger partial charge is 0.387 e. The van der Waals surface area contributed by atoms with Crippen LogP contribution in [0.3, 0.4) is 0 Å². The highest BCUT2D eigenvalue weighted by molar-refractivity contribution is 5.92. The Balaban J connectivity index is 1.51. The summed E-state index contributed by atoms with van der Waals surface area (Å²) in [4.78, 5) is 14.5. The fraction of sp³-hybridized carbons (Fsp3) is 0.458. The molecule has 1 saturated heterocycles. The molecule has 0 atom stereocenters. The van der Waals surface area contributed by atoms with Gasteiger partial charge in [0.1, 0.15) is 0 Å². The number of ether oxygens (including phenoxy) is 2. The van der Waals surface area contributed by atoms with Gasteiger partial charge in [-0.05, 0) is 74.8 Å². The topological polar surface area (TPSA) is 62.8 Å². The Hall–Kier alpha value is -2.87. The third kappa shape index (κ3) is 7.67. The number of nitrogens with zero attached hydrogens (tertiary/aromatic N) is 1. The molecule has 8 heteroatoms. The van der Waals surface area contributed by atoms with Crippen LogP contribution in [0.15, 0.2) is 42.5 Å². The second-order valence-corrected chi connectivity index (χ2v) is 7.76. The molecule has 2 aromatic rings. The summed E-state index contributed by atoms with van der Waals surface area (Å²) in [6.45, 7) is 2.10. The molecule has 0 spiro atoms. The van der Waals surface area contributed by atoms with Crippen LogP contribution in [0.5, 0.6) is 11.5 Å². The largest absolute Gasteiger partial charge is 0.490 e. The minimum absolute atomic E-state index is 0.00201. The van der Waals surface area contributed by atoms with E-state index in [9.17, 15) is 13.6 Å². The summed E-state index contributed by atoms with van der Waals surface area (Å²) in [5, 5.41) is 6.23. The van der Waals surface area contributed by atoms with Crippen LogP contribution in [0.4, 0.5) is 20.2 Å². The zero-order valence-electron chi connectivity index (χ0n) is 18.4. The fourth-order valence-electron chi connectivity index (χ4n) is 3.70. The second kappa shape index (κ2) is 12.2. The van der Waals surface area contributed by atoms with Gasteiger partial charge < -0.3 is 20.1 Å². The summed E-state index contributed by atoms with van der Waals surface area (Å²) in [5.74, 6) is 0.308. The van der Waals surface area contributed by atoms with Crippen LogP contribution in [-0.2, 0) is 11.3 Å². The molecule has 174 valence electrons. The third-order valence-electron chi connectivity index (χ3n) is 5.26. The van der Waals surface area contributed by atoms with Crippen molar-refractivity contribution in [2.75, 3.05) is 36.9 Å². The Morgan fingerprint density at radius 2 is 1.69 bits per heavy atom. The fourth-order valence-corrected chi connectivity index (χ4v) is 3.70. The normalized spacial score (nSPS) is 14.6. The molecule has 0 unspecified atom stereocenters. The Morgan fingerprint density at radius 1 is 1.00 bits per heavy atom. The molecule has 0 saturated carbocycles. The summed E-state index contributed by atoms with van der Waals surface area (Å²) in [6, 6.07) is 12.4. The maximum absolute atomic E-state index is 12.5. The molecule has 2 aromatic carbocycles. The highest BCUT2D eigenvalue weighted by Gasteiger charge is 2.13. The first kappa shape index (κ1) is 23.8. The van der Waals surface area contributed by atoms with Crippen molar-refractivity contribution in [1.29, 1.82) is 0 Å². The van der Waals surface area contributed by atoms with Crippen molar-refractivity contribution in [3.05, 3.63) is 48.0 Å². The molecule has 1 heterocycles. The van der Waals surface area contributed by atoms with Gasteiger partial charge >= 0.3 is 6.61 Å². The predicted octanol–water partition coefficient (Wildman–Crippen LogP) is 5.11. The van der Waals surface area contributed by atoms with Crippen molar-refractivity contribution in [2.45, 2.75) is 45.8 Å². The van der Waals surface area contributed by atoms with Crippen molar-refractivity contribution in [1.82, 2.24) is 4.90 Å². The highest BCUT2D eigenvalue weighted by atomic mass is 19.3. The van der Waals surface area contributed by atoms with E-state index in [1.165, 1.54) is 18.9 Å². The zero-order chi connectivity index (χ0) is 22.8. The Morgan fingerprint density at radius 3 is 2.34 bits per heavy atom. The van der Waals surface area contributed by atoms with Gasteiger partial charge in [-0.1, -0.05) is 18.9 Å². The van der Waals surface area contributed by atoms with E-state index in [1.54, 1.807) is 19.1 Å². The molecular weight excluding hydrogens is 416 g/mol. The molecule has 2 N–H and O–H groups in total. The molecule has 32 heavy (non-hydrogen) atoms. The molecule has 1 amide bonds. The number of hydrogen-bond donors (Lipinski definition) is 2. The standard InChI is InChI=1S/C24H31F2N3O3/c1-2-31-22-15-18(7-12-21(22)32-24(25)26)16-27-19-8-10-20(11-9-19)28-23(30)17-29-13-5-3-4-6-14-29/h7-12,15,24,27H,2-6,13-14,16-17H2,1H3,(H,28,30). The number of anilines is 2. The van der Waals surface area contributed by atoms with Crippen molar-refractivity contribution in [3.8, 4) is 11.5 Å². The second-order valence-electron chi connectivity index (χ2n) is 7.76. The predicted molar refractivity (Wildman–Crippen MR) is 122 cm³/mol. The third-order valence-corrected chi connectivity index (χ3v) is 5.26. The van der Waals surface area contributed by atoms with E-state index in [2.05, 4.69) is 20.3 Å². The first-order valence-electron chi connectivity index (χ1n) is 11.1. The van der Waals surface area contributed by atoms with E-state index in [0.29, 0.717) is 19.7 Å². The zero-order valence-corrected chi connectivity index (χ0v) is 18.4. The minimum Gasteiger partial charge on any atom is -0.490 e. The van der Waals surface area contributed by atoms with E-state index in [0.717, 1.165) is 42.9 Å². The SMILES string of the molecule is CCOc1cc(CNc2ccc(NC(=O)CN3CCCCCC3)cc2)ccc1OC(F)F. The van der Waals surface area contributed by atoms with Gasteiger partial charge in [0.05, 0.1) is 13.2 Å². The number of alkyl halides is 2. The number of nitrogens with one attached hydrogen (secondary N) is 2. The highest BCUT2D eigenvalue weighted by Crippen LogP contribution is 2.30. The lowest BCUT2D eigenvalue weighted by molar-refractivity contribution is -0.117. The monoisotopic (exact) mass is 447 g/mol. The van der Waals surface area contributed by atoms with Gasteiger partial charge in [0.2, 0.25) is 5.91 Å². The Kier molecular flexibility index (Phi) is 9.10. The maximum Gasteiger partial charge on any atom is 0.387 e. The molecule has 0 radical (unpaired) electrons. The number of carbonyl (C=O) groups is 1. The van der Waals surface area contributed by atoms with Gasteiger partial charge in [-0.2, -0.15) is 8.78 Å². The van der Waals surface area contributed by atoms with E-state index in [1.807, 2.05) is 24.3 Å². The molecule has 1 aliphatic rings. The average Bonchev–Trinajstić information content (AvgIpc) is 3.03. The van der Waals surface area contributed by atoms with Crippen LogP contribution in [0, 0.1) is 0 Å². The summed E-state index contributed by atoms with van der Waals surface area (Å²) in [5.41, 5.74) is 2.49. The molecule has 1 fully saturated rings. The molecule has 0 aromatic heterocycles. The first-order chi connectivity index (χ1) is 15.5. The van der Waals surface area contributed by atoms with Crippen LogP contribution < -0.4 is 20.1 Å². The lowest BCUT2D eigenvalue weighted by Crippen LogP contribution is -2.33. The number of carbonyl (C=O) groups excluding carboxylic acids is 1. The van der Waals surface area contributed by atoms with E-state index in [-0.39, 0.29) is 17.4 Å². The summed E-state index contributed by atoms with van der Waals surface area (Å²) >= 11 is 0. The maximum atomic E-state index is 12.5. The van der Waals surface area contributed by atoms with E-state index >= 15 is 0 Å². The summed E-state index contributed by atoms with van der Waals surface area (Å²) in [6.07, 6.45) is 4.80. The number of rotatable bonds is 10. The Bertz CT molecular complexity index is 854. The molecule has 1 aliphatic heterocycles. The summed E-state index contributed by atoms with van der Waals surface area (Å²) in [7, 11) is 0. The lowest BCUT2D eigenvalue weighted by Gasteiger charge is -2.19. The lowest BCUT2D eigenvalue weighted by atomic mass is 10.2. The van der Waals surface area contributed by atoms with Gasteiger partial charge in [0, 0.05) is 17.9 Å². The van der Waals surface area contributed by atoms with Crippen LogP contribution in [0.1, 0.15) is 38.2 Å². The molecule has 3 rings (SSSR count). The van der Waals surface area contributed by atoms with Crippen molar-refractivity contribution < 1.29 is 23.0 Å². The van der Waals surface area contributed by atoms with Gasteiger partial charge in [0.15, 0.2) is 11.5 Å². The number of benzene rings is 2. The van der Waals surface area contributed by atoms with Crippen LogP contribution in [-0.4, -0.2) is 43.7 Å². The average molecular weight is 448 g/mol. The van der Waals surface area contributed by atoms with Crippen molar-refractivity contribution in [2.24, 2.45) is 0 Å². The number of hydrogen-bond acceptors (Lipinski definition) is 5. The van der Waals surface area contributed by atoms with E-state index < -0.39 is 6.61 Å². The number of likely N-dealkylation sites (tertiary alicyclic amines) is 1.